The van der Waals surface area contributed by atoms with E-state index in [1.807, 2.05) is 24.3 Å². The second-order valence-corrected chi connectivity index (χ2v) is 6.61. The number of nitrogens with one attached hydrogen (secondary N) is 1. The molecule has 0 atom stereocenters. The van der Waals surface area contributed by atoms with E-state index < -0.39 is 0 Å². The molecule has 0 spiro atoms. The first-order valence-corrected chi connectivity index (χ1v) is 8.23. The molecule has 2 aliphatic rings. The second kappa shape index (κ2) is 4.16. The first-order valence-electron chi connectivity index (χ1n) is 8.23. The molecule has 4 aromatic rings. The van der Waals surface area contributed by atoms with Gasteiger partial charge in [0.2, 0.25) is 0 Å². The van der Waals surface area contributed by atoms with Crippen molar-refractivity contribution in [2.24, 2.45) is 4.99 Å². The van der Waals surface area contributed by atoms with Crippen LogP contribution in [-0.2, 0) is 6.42 Å². The Morgan fingerprint density at radius 2 is 1.88 bits per heavy atom. The molecule has 118 valence electrons. The van der Waals surface area contributed by atoms with Gasteiger partial charge in [0.05, 0.1) is 16.6 Å². The van der Waals surface area contributed by atoms with Crippen LogP contribution in [0.4, 0.5) is 0 Å². The molecule has 2 N–H and O–H groups in total. The number of fused-ring (bicyclic) bond motifs is 10. The maximum Gasteiger partial charge on any atom is 0.278 e. The lowest BCUT2D eigenvalue weighted by Gasteiger charge is -2.09. The summed E-state index contributed by atoms with van der Waals surface area (Å²) in [5, 5.41) is 12.1. The Morgan fingerprint density at radius 1 is 1.00 bits per heavy atom. The standard InChI is InChI=1S/C21H12N2O2/c24-15-7-3-6-14-19(15)17-13-9-22-21(25)18(13)16-11-5-2-1-4-10(11)8-12(16)20(17)23-14/h1-7,9,23-24H,8H2. The van der Waals surface area contributed by atoms with E-state index >= 15 is 0 Å². The average Bonchev–Trinajstić information content (AvgIpc) is 3.28. The Balaban J connectivity index is 1.91. The summed E-state index contributed by atoms with van der Waals surface area (Å²) in [4.78, 5) is 20.1. The number of aliphatic imine (C=N–C) groups is 1. The smallest absolute Gasteiger partial charge is 0.278 e. The van der Waals surface area contributed by atoms with Gasteiger partial charge in [-0.1, -0.05) is 30.3 Å². The molecule has 25 heavy (non-hydrogen) atoms. The highest BCUT2D eigenvalue weighted by molar-refractivity contribution is 6.29. The summed E-state index contributed by atoms with van der Waals surface area (Å²) in [6, 6.07) is 13.6. The number of aromatic amines is 1. The Hall–Kier alpha value is -3.40. The van der Waals surface area contributed by atoms with Crippen molar-refractivity contribution in [3.05, 3.63) is 64.7 Å². The van der Waals surface area contributed by atoms with Gasteiger partial charge in [0.25, 0.3) is 5.91 Å². The van der Waals surface area contributed by atoms with E-state index in [0.29, 0.717) is 5.56 Å². The molecule has 6 rings (SSSR count). The van der Waals surface area contributed by atoms with Crippen LogP contribution in [0.15, 0.2) is 47.5 Å². The number of hydrogen-bond acceptors (Lipinski definition) is 2. The van der Waals surface area contributed by atoms with Crippen LogP contribution >= 0.6 is 0 Å². The molecule has 1 aliphatic heterocycles. The highest BCUT2D eigenvalue weighted by Gasteiger charge is 2.33. The summed E-state index contributed by atoms with van der Waals surface area (Å²) in [5.41, 5.74) is 7.76. The first-order chi connectivity index (χ1) is 12.2. The van der Waals surface area contributed by atoms with Crippen molar-refractivity contribution in [2.75, 3.05) is 0 Å². The summed E-state index contributed by atoms with van der Waals surface area (Å²) < 4.78 is 0. The van der Waals surface area contributed by atoms with Crippen LogP contribution in [0.2, 0.25) is 0 Å². The zero-order chi connectivity index (χ0) is 16.7. The van der Waals surface area contributed by atoms with E-state index in [-0.39, 0.29) is 11.7 Å². The minimum absolute atomic E-state index is 0.199. The van der Waals surface area contributed by atoms with Crippen LogP contribution in [0.25, 0.3) is 32.9 Å². The zero-order valence-electron chi connectivity index (χ0n) is 13.1. The summed E-state index contributed by atoms with van der Waals surface area (Å²) in [5.74, 6) is 0.0174. The van der Waals surface area contributed by atoms with Gasteiger partial charge >= 0.3 is 0 Å². The minimum atomic E-state index is -0.199. The van der Waals surface area contributed by atoms with E-state index in [1.54, 1.807) is 12.3 Å². The maximum absolute atomic E-state index is 12.6. The number of aromatic hydroxyl groups is 1. The molecule has 1 aliphatic carbocycles. The van der Waals surface area contributed by atoms with Crippen molar-refractivity contribution < 1.29 is 9.90 Å². The molecule has 0 radical (unpaired) electrons. The maximum atomic E-state index is 12.6. The third kappa shape index (κ3) is 1.43. The fraction of sp³-hybridized carbons (Fsp3) is 0.0476. The number of amides is 1. The molecule has 0 bridgehead atoms. The highest BCUT2D eigenvalue weighted by Crippen LogP contribution is 2.48. The van der Waals surface area contributed by atoms with Crippen molar-refractivity contribution in [3.63, 3.8) is 0 Å². The van der Waals surface area contributed by atoms with Crippen molar-refractivity contribution in [3.8, 4) is 16.9 Å². The van der Waals surface area contributed by atoms with Crippen molar-refractivity contribution in [2.45, 2.75) is 6.42 Å². The number of aromatic nitrogens is 1. The number of phenols is 1. The molecular formula is C21H12N2O2. The molecule has 0 unspecified atom stereocenters. The molecule has 1 aromatic heterocycles. The van der Waals surface area contributed by atoms with Crippen molar-refractivity contribution in [1.29, 1.82) is 0 Å². The van der Waals surface area contributed by atoms with E-state index in [9.17, 15) is 9.90 Å². The average molecular weight is 324 g/mol. The van der Waals surface area contributed by atoms with E-state index in [4.69, 9.17) is 0 Å². The number of nitrogens with zero attached hydrogens (tertiary/aromatic N) is 1. The van der Waals surface area contributed by atoms with E-state index in [1.165, 1.54) is 5.56 Å². The highest BCUT2D eigenvalue weighted by atomic mass is 16.3. The second-order valence-electron chi connectivity index (χ2n) is 6.61. The molecule has 2 heterocycles. The fourth-order valence-corrected chi connectivity index (χ4v) is 4.38. The van der Waals surface area contributed by atoms with Gasteiger partial charge in [-0.2, -0.15) is 0 Å². The lowest BCUT2D eigenvalue weighted by Crippen LogP contribution is -1.99. The third-order valence-corrected chi connectivity index (χ3v) is 5.37. The number of phenolic OH excluding ortho intramolecular Hbond substituents is 1. The van der Waals surface area contributed by atoms with Gasteiger partial charge in [0, 0.05) is 34.5 Å². The van der Waals surface area contributed by atoms with Crippen molar-refractivity contribution in [1.82, 2.24) is 4.98 Å². The normalized spacial score (nSPS) is 14.3. The van der Waals surface area contributed by atoms with Crippen molar-refractivity contribution >= 4 is 33.9 Å². The summed E-state index contributed by atoms with van der Waals surface area (Å²) in [7, 11) is 0. The van der Waals surface area contributed by atoms with Crippen LogP contribution in [0.1, 0.15) is 27.0 Å². The van der Waals surface area contributed by atoms with Gasteiger partial charge in [-0.05, 0) is 28.8 Å². The monoisotopic (exact) mass is 324 g/mol. The molecule has 1 amide bonds. The van der Waals surface area contributed by atoms with Crippen LogP contribution in [0, 0.1) is 0 Å². The number of carbonyl (C=O) groups is 1. The van der Waals surface area contributed by atoms with Gasteiger partial charge in [-0.25, -0.2) is 4.99 Å². The van der Waals surface area contributed by atoms with Gasteiger partial charge in [-0.15, -0.1) is 0 Å². The lowest BCUT2D eigenvalue weighted by atomic mass is 9.92. The Labute approximate surface area is 142 Å². The topological polar surface area (TPSA) is 65.5 Å². The predicted octanol–water partition coefficient (Wildman–Crippen LogP) is 4.17. The third-order valence-electron chi connectivity index (χ3n) is 5.37. The molecule has 0 fully saturated rings. The lowest BCUT2D eigenvalue weighted by molar-refractivity contribution is 0.101. The van der Waals surface area contributed by atoms with Gasteiger partial charge in [-0.3, -0.25) is 4.79 Å². The molecular weight excluding hydrogens is 312 g/mol. The zero-order valence-corrected chi connectivity index (χ0v) is 13.1. The van der Waals surface area contributed by atoms with Gasteiger partial charge < -0.3 is 10.1 Å². The summed E-state index contributed by atoms with van der Waals surface area (Å²) in [6.07, 6.45) is 2.41. The number of rotatable bonds is 0. The molecule has 3 aromatic carbocycles. The molecule has 4 heteroatoms. The fourth-order valence-electron chi connectivity index (χ4n) is 4.38. The number of carbonyl (C=O) groups excluding carboxylic acids is 1. The minimum Gasteiger partial charge on any atom is -0.507 e. The predicted molar refractivity (Wildman–Crippen MR) is 97.6 cm³/mol. The quantitative estimate of drug-likeness (QED) is 0.449. The Kier molecular flexibility index (Phi) is 2.16. The van der Waals surface area contributed by atoms with Gasteiger partial charge in [0.15, 0.2) is 0 Å². The van der Waals surface area contributed by atoms with E-state index in [2.05, 4.69) is 22.1 Å². The number of hydrogen-bond donors (Lipinski definition) is 2. The Morgan fingerprint density at radius 3 is 2.80 bits per heavy atom. The van der Waals surface area contributed by atoms with Crippen LogP contribution < -0.4 is 0 Å². The van der Waals surface area contributed by atoms with E-state index in [0.717, 1.165) is 50.5 Å². The SMILES string of the molecule is O=C1N=Cc2c1c1c(c3[nH]c4cccc(O)c4c23)Cc2ccccc2-1. The largest absolute Gasteiger partial charge is 0.507 e. The Bertz CT molecular complexity index is 1290. The van der Waals surface area contributed by atoms with Crippen LogP contribution in [-0.4, -0.2) is 22.2 Å². The van der Waals surface area contributed by atoms with Crippen LogP contribution in [0.3, 0.4) is 0 Å². The van der Waals surface area contributed by atoms with Crippen LogP contribution in [0.5, 0.6) is 5.75 Å². The summed E-state index contributed by atoms with van der Waals surface area (Å²) in [6.45, 7) is 0. The molecule has 0 saturated carbocycles. The molecule has 0 saturated heterocycles. The number of H-pyrrole nitrogens is 1. The molecule has 4 nitrogen and oxygen atoms in total. The van der Waals surface area contributed by atoms with Gasteiger partial charge in [0.1, 0.15) is 5.75 Å². The first kappa shape index (κ1) is 13.0. The summed E-state index contributed by atoms with van der Waals surface area (Å²) >= 11 is 0. The number of benzene rings is 3.